The molecule has 0 aromatic heterocycles. The Kier molecular flexibility index (Phi) is 8.64. The molecule has 0 atom stereocenters. The molecule has 1 fully saturated rings. The molecule has 1 aliphatic rings. The molecule has 0 aliphatic carbocycles. The van der Waals surface area contributed by atoms with Crippen molar-refractivity contribution >= 4 is 11.6 Å². The van der Waals surface area contributed by atoms with Gasteiger partial charge in [0.15, 0.2) is 0 Å². The van der Waals surface area contributed by atoms with E-state index < -0.39 is 0 Å². The van der Waals surface area contributed by atoms with Gasteiger partial charge in [0.05, 0.1) is 12.8 Å². The lowest BCUT2D eigenvalue weighted by atomic mass is 10.1. The Hall–Kier alpha value is -1.71. The second kappa shape index (κ2) is 11.0. The Morgan fingerprint density at radius 1 is 0.960 bits per heavy atom. The first-order chi connectivity index (χ1) is 12.3. The van der Waals surface area contributed by atoms with Gasteiger partial charge < -0.3 is 14.5 Å². The van der Waals surface area contributed by atoms with E-state index in [0.717, 1.165) is 44.0 Å². The lowest BCUT2D eigenvalue weighted by Crippen LogP contribution is -2.48. The first-order valence-corrected chi connectivity index (χ1v) is 9.92. The Balaban J connectivity index is 1.66. The minimum Gasteiger partial charge on any atom is -0.495 e. The molecule has 0 bridgehead atoms. The van der Waals surface area contributed by atoms with Gasteiger partial charge in [-0.05, 0) is 18.6 Å². The smallest absolute Gasteiger partial charge is 0.222 e. The summed E-state index contributed by atoms with van der Waals surface area (Å²) in [5, 5.41) is 0. The molecule has 0 spiro atoms. The van der Waals surface area contributed by atoms with Gasteiger partial charge in [0, 0.05) is 32.6 Å². The topological polar surface area (TPSA) is 32.8 Å². The normalized spacial score (nSPS) is 14.6. The van der Waals surface area contributed by atoms with Crippen molar-refractivity contribution in [3.63, 3.8) is 0 Å². The van der Waals surface area contributed by atoms with Crippen molar-refractivity contribution in [2.45, 2.75) is 58.3 Å². The molecule has 0 saturated carbocycles. The summed E-state index contributed by atoms with van der Waals surface area (Å²) in [4.78, 5) is 16.7. The average Bonchev–Trinajstić information content (AvgIpc) is 2.67. The van der Waals surface area contributed by atoms with Gasteiger partial charge in [-0.1, -0.05) is 57.6 Å². The molecular formula is C21H34N2O2. The molecule has 0 N–H and O–H groups in total. The zero-order valence-electron chi connectivity index (χ0n) is 16.0. The van der Waals surface area contributed by atoms with Crippen LogP contribution in [-0.2, 0) is 4.79 Å². The van der Waals surface area contributed by atoms with Gasteiger partial charge in [0.2, 0.25) is 5.91 Å². The van der Waals surface area contributed by atoms with Crippen molar-refractivity contribution in [3.8, 4) is 5.75 Å². The summed E-state index contributed by atoms with van der Waals surface area (Å²) < 4.78 is 5.45. The third-order valence-corrected chi connectivity index (χ3v) is 5.05. The number of amides is 1. The number of hydrogen-bond acceptors (Lipinski definition) is 3. The number of hydrogen-bond donors (Lipinski definition) is 0. The fourth-order valence-electron chi connectivity index (χ4n) is 3.48. The van der Waals surface area contributed by atoms with Crippen LogP contribution in [0.3, 0.4) is 0 Å². The number of anilines is 1. The third-order valence-electron chi connectivity index (χ3n) is 5.05. The molecule has 0 unspecified atom stereocenters. The molecule has 1 amide bonds. The number of para-hydroxylation sites is 2. The summed E-state index contributed by atoms with van der Waals surface area (Å²) in [5.41, 5.74) is 1.13. The van der Waals surface area contributed by atoms with E-state index in [9.17, 15) is 4.79 Å². The molecule has 4 heteroatoms. The molecule has 25 heavy (non-hydrogen) atoms. The lowest BCUT2D eigenvalue weighted by molar-refractivity contribution is -0.131. The summed E-state index contributed by atoms with van der Waals surface area (Å²) in [6.07, 6.45) is 9.51. The summed E-state index contributed by atoms with van der Waals surface area (Å²) >= 11 is 0. The van der Waals surface area contributed by atoms with Crippen LogP contribution in [0.15, 0.2) is 24.3 Å². The van der Waals surface area contributed by atoms with Crippen molar-refractivity contribution in [1.82, 2.24) is 4.90 Å². The first kappa shape index (κ1) is 19.6. The fourth-order valence-corrected chi connectivity index (χ4v) is 3.48. The minimum atomic E-state index is 0.327. The van der Waals surface area contributed by atoms with Crippen LogP contribution in [0.25, 0.3) is 0 Å². The second-order valence-electron chi connectivity index (χ2n) is 6.91. The number of carbonyl (C=O) groups is 1. The van der Waals surface area contributed by atoms with E-state index in [0.29, 0.717) is 12.3 Å². The predicted octanol–water partition coefficient (Wildman–Crippen LogP) is 4.48. The van der Waals surface area contributed by atoms with E-state index in [4.69, 9.17) is 4.74 Å². The SMILES string of the molecule is CCCCCCCCCC(=O)N1CCN(c2ccccc2OC)CC1. The summed E-state index contributed by atoms with van der Waals surface area (Å²) in [5.74, 6) is 1.23. The number of ether oxygens (including phenoxy) is 1. The molecular weight excluding hydrogens is 312 g/mol. The highest BCUT2D eigenvalue weighted by molar-refractivity contribution is 5.76. The van der Waals surface area contributed by atoms with E-state index in [-0.39, 0.29) is 0 Å². The van der Waals surface area contributed by atoms with E-state index in [1.165, 1.54) is 38.5 Å². The lowest BCUT2D eigenvalue weighted by Gasteiger charge is -2.36. The summed E-state index contributed by atoms with van der Waals surface area (Å²) in [6.45, 7) is 5.62. The summed E-state index contributed by atoms with van der Waals surface area (Å²) in [7, 11) is 1.71. The molecule has 2 rings (SSSR count). The van der Waals surface area contributed by atoms with Gasteiger partial charge in [-0.25, -0.2) is 0 Å². The number of nitrogens with zero attached hydrogens (tertiary/aromatic N) is 2. The van der Waals surface area contributed by atoms with Crippen LogP contribution < -0.4 is 9.64 Å². The highest BCUT2D eigenvalue weighted by atomic mass is 16.5. The maximum absolute atomic E-state index is 12.4. The van der Waals surface area contributed by atoms with E-state index >= 15 is 0 Å². The molecule has 1 heterocycles. The van der Waals surface area contributed by atoms with Crippen LogP contribution in [0.2, 0.25) is 0 Å². The number of rotatable bonds is 10. The monoisotopic (exact) mass is 346 g/mol. The Morgan fingerprint density at radius 3 is 2.28 bits per heavy atom. The first-order valence-electron chi connectivity index (χ1n) is 9.92. The molecule has 0 radical (unpaired) electrons. The van der Waals surface area contributed by atoms with Crippen molar-refractivity contribution in [3.05, 3.63) is 24.3 Å². The minimum absolute atomic E-state index is 0.327. The highest BCUT2D eigenvalue weighted by Crippen LogP contribution is 2.28. The number of carbonyl (C=O) groups excluding carboxylic acids is 1. The van der Waals surface area contributed by atoms with Crippen LogP contribution in [0.1, 0.15) is 58.3 Å². The maximum Gasteiger partial charge on any atom is 0.222 e. The van der Waals surface area contributed by atoms with Gasteiger partial charge in [-0.2, -0.15) is 0 Å². The molecule has 4 nitrogen and oxygen atoms in total. The van der Waals surface area contributed by atoms with Crippen molar-refractivity contribution in [2.24, 2.45) is 0 Å². The van der Waals surface area contributed by atoms with Crippen molar-refractivity contribution in [2.75, 3.05) is 38.2 Å². The van der Waals surface area contributed by atoms with Crippen LogP contribution in [0.4, 0.5) is 5.69 Å². The van der Waals surface area contributed by atoms with E-state index in [1.807, 2.05) is 23.1 Å². The number of benzene rings is 1. The van der Waals surface area contributed by atoms with E-state index in [2.05, 4.69) is 17.9 Å². The Morgan fingerprint density at radius 2 is 1.60 bits per heavy atom. The summed E-state index contributed by atoms with van der Waals surface area (Å²) in [6, 6.07) is 8.11. The average molecular weight is 347 g/mol. The molecule has 140 valence electrons. The van der Waals surface area contributed by atoms with Crippen LogP contribution in [0.5, 0.6) is 5.75 Å². The van der Waals surface area contributed by atoms with Gasteiger partial charge >= 0.3 is 0 Å². The number of piperazine rings is 1. The van der Waals surface area contributed by atoms with Gasteiger partial charge in [-0.3, -0.25) is 4.79 Å². The third kappa shape index (κ3) is 6.26. The number of unbranched alkanes of at least 4 members (excludes halogenated alkanes) is 6. The quantitative estimate of drug-likeness (QED) is 0.585. The standard InChI is InChI=1S/C21H34N2O2/c1-3-4-5-6-7-8-9-14-21(24)23-17-15-22(16-18-23)19-12-10-11-13-20(19)25-2/h10-13H,3-9,14-18H2,1-2H3. The Labute approximate surface area is 153 Å². The zero-order chi connectivity index (χ0) is 17.9. The molecule has 1 aliphatic heterocycles. The van der Waals surface area contributed by atoms with Crippen molar-refractivity contribution < 1.29 is 9.53 Å². The molecule has 1 saturated heterocycles. The molecule has 1 aromatic carbocycles. The van der Waals surface area contributed by atoms with E-state index in [1.54, 1.807) is 7.11 Å². The van der Waals surface area contributed by atoms with Gasteiger partial charge in [-0.15, -0.1) is 0 Å². The second-order valence-corrected chi connectivity index (χ2v) is 6.91. The van der Waals surface area contributed by atoms with Crippen LogP contribution in [0, 0.1) is 0 Å². The largest absolute Gasteiger partial charge is 0.495 e. The highest BCUT2D eigenvalue weighted by Gasteiger charge is 2.22. The fraction of sp³-hybridized carbons (Fsp3) is 0.667. The maximum atomic E-state index is 12.4. The predicted molar refractivity (Wildman–Crippen MR) is 104 cm³/mol. The zero-order valence-corrected chi connectivity index (χ0v) is 16.0. The van der Waals surface area contributed by atoms with Crippen molar-refractivity contribution in [1.29, 1.82) is 0 Å². The van der Waals surface area contributed by atoms with Gasteiger partial charge in [0.1, 0.15) is 5.75 Å². The van der Waals surface area contributed by atoms with Gasteiger partial charge in [0.25, 0.3) is 0 Å². The molecule has 1 aromatic rings. The number of methoxy groups -OCH3 is 1. The van der Waals surface area contributed by atoms with Crippen LogP contribution >= 0.6 is 0 Å². The van der Waals surface area contributed by atoms with Crippen LogP contribution in [-0.4, -0.2) is 44.1 Å². The Bertz CT molecular complexity index is 510.